The van der Waals surface area contributed by atoms with Gasteiger partial charge in [0.15, 0.2) is 12.2 Å². The van der Waals surface area contributed by atoms with Gasteiger partial charge < -0.3 is 29.2 Å². The molecule has 0 amide bonds. The Hall–Kier alpha value is -2.26. The number of aliphatic hydroxyl groups excluding tert-OH is 2. The van der Waals surface area contributed by atoms with Gasteiger partial charge in [0.1, 0.15) is 23.4 Å². The normalized spacial score (nSPS) is 27.6. The maximum absolute atomic E-state index is 13.0. The van der Waals surface area contributed by atoms with Gasteiger partial charge in [-0.15, -0.1) is 0 Å². The highest BCUT2D eigenvalue weighted by atomic mass is 32.1. The fourth-order valence-electron chi connectivity index (χ4n) is 2.60. The number of rotatable bonds is 4. The lowest BCUT2D eigenvalue weighted by Gasteiger charge is -2.40. The summed E-state index contributed by atoms with van der Waals surface area (Å²) in [5, 5.41) is 20.6. The van der Waals surface area contributed by atoms with Gasteiger partial charge in [-0.25, -0.2) is 4.39 Å². The molecule has 6 nitrogen and oxygen atoms in total. The van der Waals surface area contributed by atoms with E-state index < -0.39 is 36.5 Å². The standard InChI is InChI=1S/C19H19FO6S/c1-11-15(21)17(26-19(27)25-13-5-3-2-4-6-13)16(22)18(23-11)24-14-9-7-12(20)8-10-14/h2-11,15-18,21-22H,1H3/t11-,15+,16-,17+,18+/m0/s1. The van der Waals surface area contributed by atoms with Gasteiger partial charge >= 0.3 is 5.24 Å². The van der Waals surface area contributed by atoms with Crippen LogP contribution in [0.5, 0.6) is 11.5 Å². The van der Waals surface area contributed by atoms with Crippen LogP contribution in [0.15, 0.2) is 54.6 Å². The van der Waals surface area contributed by atoms with E-state index in [2.05, 4.69) is 0 Å². The van der Waals surface area contributed by atoms with Crippen LogP contribution >= 0.6 is 12.2 Å². The lowest BCUT2D eigenvalue weighted by molar-refractivity contribution is -0.266. The van der Waals surface area contributed by atoms with Gasteiger partial charge in [-0.05, 0) is 43.3 Å². The molecule has 0 unspecified atom stereocenters. The molecule has 1 saturated heterocycles. The monoisotopic (exact) mass is 394 g/mol. The topological polar surface area (TPSA) is 77.4 Å². The van der Waals surface area contributed by atoms with E-state index in [1.807, 2.05) is 6.07 Å². The maximum atomic E-state index is 13.0. The first-order chi connectivity index (χ1) is 12.9. The Kier molecular flexibility index (Phi) is 6.22. The minimum Gasteiger partial charge on any atom is -0.462 e. The Labute approximate surface area is 161 Å². The SMILES string of the molecule is C[C@@H]1O[C@H](Oc2ccc(F)cc2)[C@@H](O)[C@H](OC(=S)Oc2ccccc2)[C@@H]1O. The number of benzene rings is 2. The second-order valence-corrected chi connectivity index (χ2v) is 6.34. The molecule has 1 aliphatic rings. The molecule has 5 atom stereocenters. The Morgan fingerprint density at radius 2 is 1.67 bits per heavy atom. The van der Waals surface area contributed by atoms with Crippen molar-refractivity contribution in [3.05, 3.63) is 60.4 Å². The number of halogens is 1. The maximum Gasteiger partial charge on any atom is 0.358 e. The van der Waals surface area contributed by atoms with E-state index in [-0.39, 0.29) is 5.24 Å². The molecule has 0 saturated carbocycles. The highest BCUT2D eigenvalue weighted by Gasteiger charge is 2.46. The summed E-state index contributed by atoms with van der Waals surface area (Å²) in [5.41, 5.74) is 0. The van der Waals surface area contributed by atoms with Gasteiger partial charge in [-0.1, -0.05) is 18.2 Å². The first kappa shape index (κ1) is 19.5. The first-order valence-corrected chi connectivity index (χ1v) is 8.72. The van der Waals surface area contributed by atoms with Crippen molar-refractivity contribution in [2.24, 2.45) is 0 Å². The Balaban J connectivity index is 1.67. The molecular formula is C19H19FO6S. The van der Waals surface area contributed by atoms with Crippen molar-refractivity contribution in [1.29, 1.82) is 0 Å². The zero-order chi connectivity index (χ0) is 19.4. The van der Waals surface area contributed by atoms with E-state index in [9.17, 15) is 14.6 Å². The largest absolute Gasteiger partial charge is 0.462 e. The van der Waals surface area contributed by atoms with Gasteiger partial charge in [0.2, 0.25) is 6.29 Å². The van der Waals surface area contributed by atoms with Crippen molar-refractivity contribution in [3.8, 4) is 11.5 Å². The van der Waals surface area contributed by atoms with Crippen LogP contribution in [-0.2, 0) is 9.47 Å². The van der Waals surface area contributed by atoms with Gasteiger partial charge in [0, 0.05) is 12.2 Å². The van der Waals surface area contributed by atoms with Crippen LogP contribution in [0.3, 0.4) is 0 Å². The van der Waals surface area contributed by atoms with E-state index >= 15 is 0 Å². The van der Waals surface area contributed by atoms with Gasteiger partial charge in [-0.2, -0.15) is 0 Å². The van der Waals surface area contributed by atoms with Crippen LogP contribution in [0.2, 0.25) is 0 Å². The summed E-state index contributed by atoms with van der Waals surface area (Å²) in [6.07, 6.45) is -5.50. The molecule has 2 aromatic carbocycles. The lowest BCUT2D eigenvalue weighted by Crippen LogP contribution is -2.59. The molecule has 2 N–H and O–H groups in total. The van der Waals surface area contributed by atoms with Crippen LogP contribution in [0.1, 0.15) is 6.92 Å². The van der Waals surface area contributed by atoms with Crippen LogP contribution < -0.4 is 9.47 Å². The van der Waals surface area contributed by atoms with Crippen molar-refractivity contribution >= 4 is 17.5 Å². The van der Waals surface area contributed by atoms with Crippen molar-refractivity contribution in [2.75, 3.05) is 0 Å². The van der Waals surface area contributed by atoms with Crippen molar-refractivity contribution in [2.45, 2.75) is 37.6 Å². The van der Waals surface area contributed by atoms with Crippen LogP contribution in [-0.4, -0.2) is 46.2 Å². The van der Waals surface area contributed by atoms with E-state index in [1.54, 1.807) is 31.2 Å². The summed E-state index contributed by atoms with van der Waals surface area (Å²) >= 11 is 5.05. The third-order valence-corrected chi connectivity index (χ3v) is 4.20. The summed E-state index contributed by atoms with van der Waals surface area (Å²) in [6.45, 7) is 1.61. The van der Waals surface area contributed by atoms with E-state index in [0.717, 1.165) is 0 Å². The Morgan fingerprint density at radius 3 is 2.33 bits per heavy atom. The Morgan fingerprint density at radius 1 is 1.00 bits per heavy atom. The molecule has 1 heterocycles. The van der Waals surface area contributed by atoms with E-state index in [1.165, 1.54) is 24.3 Å². The number of thiocarbonyl (C=S) groups is 1. The molecule has 0 bridgehead atoms. The number of para-hydroxylation sites is 1. The molecule has 0 aromatic heterocycles. The summed E-state index contributed by atoms with van der Waals surface area (Å²) in [4.78, 5) is 0. The molecule has 1 aliphatic heterocycles. The average molecular weight is 394 g/mol. The van der Waals surface area contributed by atoms with Gasteiger partial charge in [0.25, 0.3) is 0 Å². The number of hydrogen-bond acceptors (Lipinski definition) is 7. The van der Waals surface area contributed by atoms with Gasteiger partial charge in [-0.3, -0.25) is 0 Å². The van der Waals surface area contributed by atoms with E-state index in [4.69, 9.17) is 31.2 Å². The third-order valence-electron chi connectivity index (χ3n) is 4.02. The van der Waals surface area contributed by atoms with Crippen LogP contribution in [0.4, 0.5) is 4.39 Å². The van der Waals surface area contributed by atoms with Crippen molar-refractivity contribution in [1.82, 2.24) is 0 Å². The number of hydrogen-bond donors (Lipinski definition) is 2. The van der Waals surface area contributed by atoms with Crippen LogP contribution in [0, 0.1) is 5.82 Å². The molecule has 0 spiro atoms. The molecule has 27 heavy (non-hydrogen) atoms. The van der Waals surface area contributed by atoms with Crippen molar-refractivity contribution < 1.29 is 33.6 Å². The predicted octanol–water partition coefficient (Wildman–Crippen LogP) is 2.42. The first-order valence-electron chi connectivity index (χ1n) is 8.31. The lowest BCUT2D eigenvalue weighted by atomic mass is 10.00. The van der Waals surface area contributed by atoms with Gasteiger partial charge in [0.05, 0.1) is 6.10 Å². The molecule has 2 aromatic rings. The molecule has 8 heteroatoms. The minimum absolute atomic E-state index is 0.251. The van der Waals surface area contributed by atoms with Crippen LogP contribution in [0.25, 0.3) is 0 Å². The highest BCUT2D eigenvalue weighted by molar-refractivity contribution is 7.79. The third kappa shape index (κ3) is 4.92. The minimum atomic E-state index is -1.36. The fraction of sp³-hybridized carbons (Fsp3) is 0.316. The number of aliphatic hydroxyl groups is 2. The molecule has 1 fully saturated rings. The zero-order valence-corrected chi connectivity index (χ0v) is 15.2. The average Bonchev–Trinajstić information content (AvgIpc) is 2.66. The Bertz CT molecular complexity index is 757. The second kappa shape index (κ2) is 8.62. The predicted molar refractivity (Wildman–Crippen MR) is 97.9 cm³/mol. The second-order valence-electron chi connectivity index (χ2n) is 6.01. The molecule has 0 radical (unpaired) electrons. The highest BCUT2D eigenvalue weighted by Crippen LogP contribution is 2.26. The summed E-state index contributed by atoms with van der Waals surface area (Å²) in [5.74, 6) is 0.345. The fourth-order valence-corrected chi connectivity index (χ4v) is 2.81. The number of ether oxygens (including phenoxy) is 4. The quantitative estimate of drug-likeness (QED) is 0.771. The molecule has 144 valence electrons. The molecular weight excluding hydrogens is 375 g/mol. The summed E-state index contributed by atoms with van der Waals surface area (Å²) < 4.78 is 34.9. The summed E-state index contributed by atoms with van der Waals surface area (Å²) in [7, 11) is 0. The smallest absolute Gasteiger partial charge is 0.358 e. The van der Waals surface area contributed by atoms with E-state index in [0.29, 0.717) is 11.5 Å². The zero-order valence-electron chi connectivity index (χ0n) is 14.4. The molecule has 3 rings (SSSR count). The molecule has 0 aliphatic carbocycles. The van der Waals surface area contributed by atoms with Crippen molar-refractivity contribution in [3.63, 3.8) is 0 Å². The summed E-state index contributed by atoms with van der Waals surface area (Å²) in [6, 6.07) is 14.0.